The molecule has 0 bridgehead atoms. The molecule has 0 aliphatic heterocycles. The molecule has 0 fully saturated rings. The van der Waals surface area contributed by atoms with E-state index in [-0.39, 0.29) is 0 Å². The van der Waals surface area contributed by atoms with E-state index in [0.717, 1.165) is 58.8 Å². The summed E-state index contributed by atoms with van der Waals surface area (Å²) in [5.41, 5.74) is 9.20. The second kappa shape index (κ2) is 8.09. The number of aryl methyl sites for hydroxylation is 2. The zero-order valence-corrected chi connectivity index (χ0v) is 16.3. The van der Waals surface area contributed by atoms with Crippen molar-refractivity contribution in [3.63, 3.8) is 0 Å². The Kier molecular flexibility index (Phi) is 5.84. The van der Waals surface area contributed by atoms with E-state index in [1.807, 2.05) is 23.9 Å². The number of nitrogens with two attached hydrogens (primary N) is 1. The van der Waals surface area contributed by atoms with Crippen LogP contribution in [0.3, 0.4) is 0 Å². The summed E-state index contributed by atoms with van der Waals surface area (Å²) in [4.78, 5) is 9.43. The molecule has 0 saturated carbocycles. The largest absolute Gasteiger partial charge is 0.382 e. The normalized spacial score (nSPS) is 11.8. The number of aromatic nitrogens is 3. The summed E-state index contributed by atoms with van der Waals surface area (Å²) in [5.74, 6) is 4.71. The number of pyridine rings is 1. The average molecular weight is 357 g/mol. The lowest BCUT2D eigenvalue weighted by atomic mass is 10.2. The first-order valence-corrected chi connectivity index (χ1v) is 10.4. The maximum Gasteiger partial charge on any atom is 0.152 e. The number of unbranched alkanes of at least 4 members (excludes halogenated alkanes) is 1. The van der Waals surface area contributed by atoms with Crippen molar-refractivity contribution in [3.8, 4) is 0 Å². The van der Waals surface area contributed by atoms with Crippen LogP contribution in [-0.2, 0) is 13.0 Å². The number of nitrogen functional groups attached to an aromatic ring is 1. The highest BCUT2D eigenvalue weighted by Crippen LogP contribution is 2.29. The Labute approximate surface area is 154 Å². The van der Waals surface area contributed by atoms with Crippen LogP contribution < -0.4 is 5.73 Å². The molecule has 0 unspecified atom stereocenters. The van der Waals surface area contributed by atoms with Gasteiger partial charge in [-0.05, 0) is 24.2 Å². The fraction of sp³-hybridized carbons (Fsp3) is 0.500. The van der Waals surface area contributed by atoms with Crippen LogP contribution in [0.2, 0.25) is 0 Å². The van der Waals surface area contributed by atoms with Crippen LogP contribution in [0.25, 0.3) is 21.9 Å². The lowest BCUT2D eigenvalue weighted by Gasteiger charge is -2.11. The minimum atomic E-state index is 0.542. The number of anilines is 1. The second-order valence-corrected chi connectivity index (χ2v) is 8.11. The quantitative estimate of drug-likeness (QED) is 0.583. The summed E-state index contributed by atoms with van der Waals surface area (Å²) < 4.78 is 2.39. The topological polar surface area (TPSA) is 56.7 Å². The number of hydrogen-bond donors (Lipinski definition) is 1. The summed E-state index contributed by atoms with van der Waals surface area (Å²) in [7, 11) is 0. The average Bonchev–Trinajstić information content (AvgIpc) is 2.96. The van der Waals surface area contributed by atoms with Crippen LogP contribution in [0.1, 0.15) is 39.4 Å². The van der Waals surface area contributed by atoms with Crippen LogP contribution in [0, 0.1) is 5.92 Å². The molecule has 134 valence electrons. The van der Waals surface area contributed by atoms with Gasteiger partial charge < -0.3 is 10.3 Å². The Morgan fingerprint density at radius 3 is 2.76 bits per heavy atom. The molecule has 5 heteroatoms. The molecule has 0 spiro atoms. The molecule has 0 aliphatic carbocycles. The number of thioether (sulfide) groups is 1. The summed E-state index contributed by atoms with van der Waals surface area (Å²) in [5, 5.41) is 1.15. The Bertz CT molecular complexity index is 854. The predicted molar refractivity (Wildman–Crippen MR) is 110 cm³/mol. The maximum absolute atomic E-state index is 6.24. The van der Waals surface area contributed by atoms with Gasteiger partial charge in [0.25, 0.3) is 0 Å². The van der Waals surface area contributed by atoms with Gasteiger partial charge in [-0.1, -0.05) is 45.4 Å². The first-order valence-electron chi connectivity index (χ1n) is 9.22. The van der Waals surface area contributed by atoms with Crippen LogP contribution in [0.5, 0.6) is 0 Å². The van der Waals surface area contributed by atoms with E-state index >= 15 is 0 Å². The highest BCUT2D eigenvalue weighted by molar-refractivity contribution is 7.99. The van der Waals surface area contributed by atoms with Crippen molar-refractivity contribution in [1.82, 2.24) is 14.5 Å². The third-order valence-electron chi connectivity index (χ3n) is 4.35. The molecule has 2 aromatic heterocycles. The van der Waals surface area contributed by atoms with E-state index in [0.29, 0.717) is 5.82 Å². The van der Waals surface area contributed by atoms with Crippen molar-refractivity contribution in [2.75, 3.05) is 17.2 Å². The molecule has 3 rings (SSSR count). The van der Waals surface area contributed by atoms with Crippen LogP contribution in [0.15, 0.2) is 24.3 Å². The Morgan fingerprint density at radius 1 is 1.20 bits per heavy atom. The first kappa shape index (κ1) is 18.1. The highest BCUT2D eigenvalue weighted by atomic mass is 32.2. The maximum atomic E-state index is 6.24. The van der Waals surface area contributed by atoms with Crippen molar-refractivity contribution >= 4 is 39.5 Å². The fourth-order valence-corrected chi connectivity index (χ4v) is 4.10. The monoisotopic (exact) mass is 356 g/mol. The lowest BCUT2D eigenvalue weighted by Crippen LogP contribution is -2.07. The molecule has 0 amide bonds. The molecule has 0 radical (unpaired) electrons. The van der Waals surface area contributed by atoms with Crippen LogP contribution in [0.4, 0.5) is 5.82 Å². The molecule has 2 N–H and O–H groups in total. The molecule has 3 aromatic rings. The van der Waals surface area contributed by atoms with E-state index in [2.05, 4.69) is 42.5 Å². The van der Waals surface area contributed by atoms with Gasteiger partial charge in [0.15, 0.2) is 5.82 Å². The third-order valence-corrected chi connectivity index (χ3v) is 5.73. The van der Waals surface area contributed by atoms with Gasteiger partial charge in [-0.2, -0.15) is 11.8 Å². The van der Waals surface area contributed by atoms with Gasteiger partial charge in [0.1, 0.15) is 11.3 Å². The summed E-state index contributed by atoms with van der Waals surface area (Å²) in [6.45, 7) is 7.73. The molecule has 0 saturated heterocycles. The van der Waals surface area contributed by atoms with Gasteiger partial charge in [-0.3, -0.25) is 0 Å². The minimum Gasteiger partial charge on any atom is -0.382 e. The van der Waals surface area contributed by atoms with Gasteiger partial charge in [0.2, 0.25) is 0 Å². The number of benzene rings is 1. The minimum absolute atomic E-state index is 0.542. The molecule has 0 atom stereocenters. The van der Waals surface area contributed by atoms with Crippen molar-refractivity contribution in [3.05, 3.63) is 30.1 Å². The molecule has 0 aliphatic rings. The zero-order chi connectivity index (χ0) is 17.8. The van der Waals surface area contributed by atoms with Crippen molar-refractivity contribution < 1.29 is 0 Å². The van der Waals surface area contributed by atoms with Gasteiger partial charge in [0, 0.05) is 24.1 Å². The second-order valence-electron chi connectivity index (χ2n) is 6.96. The molecule has 4 nitrogen and oxygen atoms in total. The predicted octanol–water partition coefficient (Wildman–Crippen LogP) is 4.90. The molecular formula is C20H28N4S. The molecule has 2 heterocycles. The Morgan fingerprint density at radius 2 is 2.00 bits per heavy atom. The van der Waals surface area contributed by atoms with Crippen molar-refractivity contribution in [1.29, 1.82) is 0 Å². The summed E-state index contributed by atoms with van der Waals surface area (Å²) in [6, 6.07) is 8.24. The summed E-state index contributed by atoms with van der Waals surface area (Å²) >= 11 is 2.01. The summed E-state index contributed by atoms with van der Waals surface area (Å²) in [6.07, 6.45) is 3.31. The van der Waals surface area contributed by atoms with Crippen LogP contribution in [-0.4, -0.2) is 26.0 Å². The lowest BCUT2D eigenvalue weighted by molar-refractivity contribution is 0.678. The smallest absolute Gasteiger partial charge is 0.152 e. The van der Waals surface area contributed by atoms with Gasteiger partial charge in [-0.25, -0.2) is 9.97 Å². The van der Waals surface area contributed by atoms with E-state index in [1.54, 1.807) is 0 Å². The third kappa shape index (κ3) is 3.92. The van der Waals surface area contributed by atoms with E-state index in [9.17, 15) is 0 Å². The Balaban J connectivity index is 2.05. The zero-order valence-electron chi connectivity index (χ0n) is 15.5. The molecule has 25 heavy (non-hydrogen) atoms. The van der Waals surface area contributed by atoms with E-state index in [4.69, 9.17) is 10.7 Å². The molecular weight excluding hydrogens is 328 g/mol. The van der Waals surface area contributed by atoms with Gasteiger partial charge in [-0.15, -0.1) is 0 Å². The van der Waals surface area contributed by atoms with Crippen molar-refractivity contribution in [2.45, 2.75) is 46.6 Å². The van der Waals surface area contributed by atoms with Gasteiger partial charge in [0.05, 0.1) is 11.0 Å². The standard InChI is InChI=1S/C20H28N4S/c1-4-5-10-17-23-18-19(24(17)11-12-25-13-14(2)3)15-8-6-7-9-16(15)22-20(18)21/h6-9,14H,4-5,10-13H2,1-3H3,(H2,21,22). The van der Waals surface area contributed by atoms with E-state index in [1.165, 1.54) is 12.2 Å². The van der Waals surface area contributed by atoms with E-state index < -0.39 is 0 Å². The first-order chi connectivity index (χ1) is 12.1. The number of imidazole rings is 1. The van der Waals surface area contributed by atoms with Crippen molar-refractivity contribution in [2.24, 2.45) is 5.92 Å². The number of rotatable bonds is 8. The molecule has 1 aromatic carbocycles. The Hall–Kier alpha value is -1.75. The SMILES string of the molecule is CCCCc1nc2c(N)nc3ccccc3c2n1CCSCC(C)C. The number of para-hydroxylation sites is 1. The highest BCUT2D eigenvalue weighted by Gasteiger charge is 2.16. The van der Waals surface area contributed by atoms with Crippen LogP contribution >= 0.6 is 11.8 Å². The number of nitrogens with zero attached hydrogens (tertiary/aromatic N) is 3. The van der Waals surface area contributed by atoms with Gasteiger partial charge >= 0.3 is 0 Å². The number of hydrogen-bond acceptors (Lipinski definition) is 4. The number of fused-ring (bicyclic) bond motifs is 3. The fourth-order valence-electron chi connectivity index (χ4n) is 3.15.